The third-order valence-corrected chi connectivity index (χ3v) is 4.67. The van der Waals surface area contributed by atoms with Crippen LogP contribution in [0.3, 0.4) is 0 Å². The van der Waals surface area contributed by atoms with E-state index < -0.39 is 23.8 Å². The Hall–Kier alpha value is -3.77. The average molecular weight is 467 g/mol. The van der Waals surface area contributed by atoms with Crippen LogP contribution in [0, 0.1) is 5.82 Å². The predicted octanol–water partition coefficient (Wildman–Crippen LogP) is 2.20. The van der Waals surface area contributed by atoms with Crippen molar-refractivity contribution < 1.29 is 27.2 Å². The lowest BCUT2D eigenvalue weighted by Crippen LogP contribution is -2.37. The molecule has 1 unspecified atom stereocenters. The van der Waals surface area contributed by atoms with E-state index in [1.807, 2.05) is 0 Å². The maximum atomic E-state index is 13.0. The highest BCUT2D eigenvalue weighted by atomic mass is 19.4. The standard InChI is InChI=1S/C20H21F4N7O2/c1-30(2)17-10-15(20(22,23)24)29-31(17)8-7-14(11-32)25-19(33)18-26-16(27-28-18)9-12-3-5-13(21)6-4-12/h3-6,10-11,14H,7-9H2,1-2H3,(H,25,33)(H,26,27,28). The van der Waals surface area contributed by atoms with Crippen molar-refractivity contribution >= 4 is 18.0 Å². The van der Waals surface area contributed by atoms with Crippen molar-refractivity contribution in [1.82, 2.24) is 30.3 Å². The second-order valence-electron chi connectivity index (χ2n) is 7.43. The number of hydrogen-bond donors (Lipinski definition) is 2. The number of halogens is 4. The van der Waals surface area contributed by atoms with Gasteiger partial charge in [0, 0.05) is 33.1 Å². The second-order valence-corrected chi connectivity index (χ2v) is 7.43. The van der Waals surface area contributed by atoms with Crippen LogP contribution < -0.4 is 10.2 Å². The molecule has 1 amide bonds. The van der Waals surface area contributed by atoms with Gasteiger partial charge in [0.25, 0.3) is 5.91 Å². The summed E-state index contributed by atoms with van der Waals surface area (Å²) >= 11 is 0. The first-order valence-corrected chi connectivity index (χ1v) is 9.81. The van der Waals surface area contributed by atoms with Crippen LogP contribution in [0.2, 0.25) is 0 Å². The zero-order valence-corrected chi connectivity index (χ0v) is 17.7. The van der Waals surface area contributed by atoms with Crippen LogP contribution in [-0.4, -0.2) is 57.3 Å². The molecule has 0 saturated carbocycles. The molecule has 2 aromatic heterocycles. The lowest BCUT2D eigenvalue weighted by atomic mass is 10.1. The highest BCUT2D eigenvalue weighted by Crippen LogP contribution is 2.30. The Morgan fingerprint density at radius 2 is 1.94 bits per heavy atom. The van der Waals surface area contributed by atoms with Crippen molar-refractivity contribution in [3.63, 3.8) is 0 Å². The number of hydrogen-bond acceptors (Lipinski definition) is 6. The molecule has 33 heavy (non-hydrogen) atoms. The molecule has 176 valence electrons. The van der Waals surface area contributed by atoms with Gasteiger partial charge in [0.2, 0.25) is 5.82 Å². The normalized spacial score (nSPS) is 12.4. The molecule has 0 aliphatic rings. The molecule has 1 atom stereocenters. The third-order valence-electron chi connectivity index (χ3n) is 4.67. The summed E-state index contributed by atoms with van der Waals surface area (Å²) in [5.41, 5.74) is -0.298. The molecule has 0 radical (unpaired) electrons. The van der Waals surface area contributed by atoms with Crippen LogP contribution >= 0.6 is 0 Å². The molecule has 0 spiro atoms. The molecule has 2 heterocycles. The summed E-state index contributed by atoms with van der Waals surface area (Å²) in [6.07, 6.45) is -3.83. The largest absolute Gasteiger partial charge is 0.435 e. The van der Waals surface area contributed by atoms with Gasteiger partial charge in [0.1, 0.15) is 23.7 Å². The monoisotopic (exact) mass is 467 g/mol. The minimum absolute atomic E-state index is 0.00559. The van der Waals surface area contributed by atoms with Crippen molar-refractivity contribution in [2.45, 2.75) is 31.6 Å². The third kappa shape index (κ3) is 6.14. The van der Waals surface area contributed by atoms with Gasteiger partial charge in [-0.3, -0.25) is 4.79 Å². The molecule has 1 aromatic carbocycles. The van der Waals surface area contributed by atoms with E-state index in [9.17, 15) is 27.2 Å². The predicted molar refractivity (Wildman–Crippen MR) is 109 cm³/mol. The second kappa shape index (κ2) is 9.79. The van der Waals surface area contributed by atoms with Crippen LogP contribution in [0.15, 0.2) is 30.3 Å². The molecule has 0 aliphatic carbocycles. The van der Waals surface area contributed by atoms with E-state index in [1.54, 1.807) is 26.2 Å². The lowest BCUT2D eigenvalue weighted by Gasteiger charge is -2.16. The summed E-state index contributed by atoms with van der Waals surface area (Å²) in [4.78, 5) is 28.0. The first-order chi connectivity index (χ1) is 15.6. The first kappa shape index (κ1) is 23.9. The highest BCUT2D eigenvalue weighted by molar-refractivity contribution is 5.92. The molecular formula is C20H21F4N7O2. The Bertz CT molecular complexity index is 1110. The van der Waals surface area contributed by atoms with E-state index in [0.717, 1.165) is 16.3 Å². The molecule has 3 aromatic rings. The fraction of sp³-hybridized carbons (Fsp3) is 0.350. The van der Waals surface area contributed by atoms with Crippen LogP contribution in [-0.2, 0) is 23.9 Å². The summed E-state index contributed by atoms with van der Waals surface area (Å²) < 4.78 is 53.1. The number of aromatic nitrogens is 5. The number of carbonyl (C=O) groups is 2. The summed E-state index contributed by atoms with van der Waals surface area (Å²) in [7, 11) is 3.14. The van der Waals surface area contributed by atoms with Crippen LogP contribution in [0.25, 0.3) is 0 Å². The van der Waals surface area contributed by atoms with Crippen LogP contribution in [0.5, 0.6) is 0 Å². The maximum Gasteiger partial charge on any atom is 0.435 e. The maximum absolute atomic E-state index is 13.0. The Morgan fingerprint density at radius 1 is 1.24 bits per heavy atom. The fourth-order valence-electron chi connectivity index (χ4n) is 3.02. The van der Waals surface area contributed by atoms with Gasteiger partial charge in [-0.2, -0.15) is 18.3 Å². The van der Waals surface area contributed by atoms with Crippen molar-refractivity contribution in [3.8, 4) is 0 Å². The van der Waals surface area contributed by atoms with E-state index in [1.165, 1.54) is 17.0 Å². The zero-order valence-electron chi connectivity index (χ0n) is 17.7. The number of rotatable bonds is 9. The number of aldehydes is 1. The number of benzene rings is 1. The van der Waals surface area contributed by atoms with E-state index in [2.05, 4.69) is 25.6 Å². The number of amides is 1. The van der Waals surface area contributed by atoms with Gasteiger partial charge in [-0.1, -0.05) is 12.1 Å². The number of alkyl halides is 3. The molecule has 13 heteroatoms. The molecule has 2 N–H and O–H groups in total. The van der Waals surface area contributed by atoms with E-state index in [4.69, 9.17) is 0 Å². The Labute approximate surface area is 185 Å². The lowest BCUT2D eigenvalue weighted by molar-refractivity contribution is -0.141. The van der Waals surface area contributed by atoms with Gasteiger partial charge in [-0.15, -0.1) is 10.2 Å². The molecule has 3 rings (SSSR count). The number of anilines is 1. The SMILES string of the molecule is CN(C)c1cc(C(F)(F)F)nn1CCC(C=O)NC(=O)c1nnc(Cc2ccc(F)cc2)[nH]1. The number of nitrogens with one attached hydrogen (secondary N) is 2. The summed E-state index contributed by atoms with van der Waals surface area (Å²) in [6, 6.07) is 5.66. The van der Waals surface area contributed by atoms with Crippen molar-refractivity contribution in [2.24, 2.45) is 0 Å². The number of aromatic amines is 1. The minimum atomic E-state index is -4.60. The summed E-state index contributed by atoms with van der Waals surface area (Å²) in [5.74, 6) is -0.639. The summed E-state index contributed by atoms with van der Waals surface area (Å²) in [6.45, 7) is -0.0422. The molecule has 0 bridgehead atoms. The van der Waals surface area contributed by atoms with Gasteiger partial charge >= 0.3 is 6.18 Å². The summed E-state index contributed by atoms with van der Waals surface area (Å²) in [5, 5.41) is 13.6. The minimum Gasteiger partial charge on any atom is -0.363 e. The first-order valence-electron chi connectivity index (χ1n) is 9.81. The van der Waals surface area contributed by atoms with E-state index in [-0.39, 0.29) is 36.8 Å². The van der Waals surface area contributed by atoms with E-state index in [0.29, 0.717) is 12.1 Å². The molecule has 0 fully saturated rings. The number of aryl methyl sites for hydroxylation is 1. The Balaban J connectivity index is 1.62. The topological polar surface area (TPSA) is 109 Å². The van der Waals surface area contributed by atoms with Crippen molar-refractivity contribution in [1.29, 1.82) is 0 Å². The average Bonchev–Trinajstić information content (AvgIpc) is 3.40. The Kier molecular flexibility index (Phi) is 7.09. The molecule has 9 nitrogen and oxygen atoms in total. The Morgan fingerprint density at radius 3 is 2.55 bits per heavy atom. The molecule has 0 aliphatic heterocycles. The van der Waals surface area contributed by atoms with Gasteiger partial charge in [0.15, 0.2) is 5.69 Å². The smallest absolute Gasteiger partial charge is 0.363 e. The molecular weight excluding hydrogens is 446 g/mol. The van der Waals surface area contributed by atoms with Gasteiger partial charge in [-0.05, 0) is 24.1 Å². The van der Waals surface area contributed by atoms with Crippen molar-refractivity contribution in [2.75, 3.05) is 19.0 Å². The highest BCUT2D eigenvalue weighted by Gasteiger charge is 2.35. The van der Waals surface area contributed by atoms with E-state index >= 15 is 0 Å². The fourth-order valence-corrected chi connectivity index (χ4v) is 3.02. The number of H-pyrrole nitrogens is 1. The number of carbonyl (C=O) groups excluding carboxylic acids is 2. The van der Waals surface area contributed by atoms with Crippen molar-refractivity contribution in [3.05, 3.63) is 59.1 Å². The van der Waals surface area contributed by atoms with Crippen LogP contribution in [0.4, 0.5) is 23.4 Å². The van der Waals surface area contributed by atoms with Gasteiger partial charge in [-0.25, -0.2) is 9.07 Å². The van der Waals surface area contributed by atoms with Gasteiger partial charge < -0.3 is 20.0 Å². The molecule has 0 saturated heterocycles. The van der Waals surface area contributed by atoms with Gasteiger partial charge in [0.05, 0.1) is 6.04 Å². The van der Waals surface area contributed by atoms with Crippen LogP contribution in [0.1, 0.15) is 34.1 Å². The number of nitrogens with zero attached hydrogens (tertiary/aromatic N) is 5. The quantitative estimate of drug-likeness (QED) is 0.369. The zero-order chi connectivity index (χ0) is 24.2.